The summed E-state index contributed by atoms with van der Waals surface area (Å²) >= 11 is 1.53. The van der Waals surface area contributed by atoms with Crippen molar-refractivity contribution >= 4 is 22.4 Å². The Morgan fingerprint density at radius 1 is 1.27 bits per heavy atom. The molecule has 1 aromatic heterocycles. The fourth-order valence-electron chi connectivity index (χ4n) is 2.92. The molecule has 1 saturated heterocycles. The van der Waals surface area contributed by atoms with Gasteiger partial charge in [0.15, 0.2) is 11.5 Å². The number of hydrogen-bond acceptors (Lipinski definition) is 4. The molecule has 1 aromatic carbocycles. The number of amides is 2. The number of urea groups is 1. The van der Waals surface area contributed by atoms with E-state index in [1.54, 1.807) is 0 Å². The van der Waals surface area contributed by atoms with E-state index in [9.17, 15) is 4.79 Å². The van der Waals surface area contributed by atoms with Crippen LogP contribution in [-0.4, -0.2) is 30.8 Å². The number of likely N-dealkylation sites (tertiary alicyclic amines) is 1. The van der Waals surface area contributed by atoms with Crippen LogP contribution < -0.4 is 14.8 Å². The van der Waals surface area contributed by atoms with Crippen molar-refractivity contribution in [3.8, 4) is 11.5 Å². The summed E-state index contributed by atoms with van der Waals surface area (Å²) < 4.78 is 10.8. The Bertz CT molecular complexity index is 687. The van der Waals surface area contributed by atoms with E-state index in [1.807, 2.05) is 34.5 Å². The van der Waals surface area contributed by atoms with E-state index in [1.165, 1.54) is 16.9 Å². The molecule has 4 rings (SSSR count). The number of hydrogen-bond donors (Lipinski definition) is 1. The zero-order chi connectivity index (χ0) is 14.9. The summed E-state index contributed by atoms with van der Waals surface area (Å²) in [5, 5.41) is 5.78. The average Bonchev–Trinajstić information content (AvgIpc) is 3.27. The lowest BCUT2D eigenvalue weighted by atomic mass is 9.98. The van der Waals surface area contributed by atoms with Crippen LogP contribution in [-0.2, 0) is 0 Å². The third kappa shape index (κ3) is 2.50. The molecule has 6 heteroatoms. The number of ether oxygens (including phenoxy) is 2. The summed E-state index contributed by atoms with van der Waals surface area (Å²) in [6, 6.07) is 9.87. The Morgan fingerprint density at radius 3 is 3.05 bits per heavy atom. The molecule has 1 N–H and O–H groups in total. The molecule has 1 fully saturated rings. The van der Waals surface area contributed by atoms with E-state index in [4.69, 9.17) is 9.47 Å². The standard InChI is InChI=1S/C16H16N2O3S/c19-16(17-15-2-1-7-22-15)18-6-5-12(9-18)11-3-4-13-14(8-11)21-10-20-13/h1-4,7-8,12H,5-6,9-10H2,(H,17,19)/t12-/m1/s1. The van der Waals surface area contributed by atoms with Crippen LogP contribution in [0.1, 0.15) is 17.9 Å². The molecular weight excluding hydrogens is 300 g/mol. The smallest absolute Gasteiger partial charge is 0.322 e. The van der Waals surface area contributed by atoms with E-state index in [2.05, 4.69) is 11.4 Å². The number of carbonyl (C=O) groups is 1. The summed E-state index contributed by atoms with van der Waals surface area (Å²) in [6.07, 6.45) is 0.970. The highest BCUT2D eigenvalue weighted by Crippen LogP contribution is 2.37. The minimum Gasteiger partial charge on any atom is -0.454 e. The molecule has 0 aliphatic carbocycles. The van der Waals surface area contributed by atoms with Gasteiger partial charge in [-0.1, -0.05) is 6.07 Å². The van der Waals surface area contributed by atoms with E-state index in [0.717, 1.165) is 36.0 Å². The molecule has 0 saturated carbocycles. The van der Waals surface area contributed by atoms with E-state index < -0.39 is 0 Å². The van der Waals surface area contributed by atoms with Gasteiger partial charge in [-0.05, 0) is 41.6 Å². The minimum absolute atomic E-state index is 0.0225. The Hall–Kier alpha value is -2.21. The summed E-state index contributed by atoms with van der Waals surface area (Å²) in [4.78, 5) is 14.1. The predicted octanol–water partition coefficient (Wildman–Crippen LogP) is 3.50. The van der Waals surface area contributed by atoms with Gasteiger partial charge < -0.3 is 14.4 Å². The van der Waals surface area contributed by atoms with E-state index in [0.29, 0.717) is 12.7 Å². The third-order valence-corrected chi connectivity index (χ3v) is 4.88. The number of anilines is 1. The van der Waals surface area contributed by atoms with Crippen LogP contribution in [0.15, 0.2) is 35.7 Å². The second kappa shape index (κ2) is 5.53. The molecule has 0 spiro atoms. The van der Waals surface area contributed by atoms with Crippen LogP contribution >= 0.6 is 11.3 Å². The number of fused-ring (bicyclic) bond motifs is 1. The number of benzene rings is 1. The van der Waals surface area contributed by atoms with E-state index >= 15 is 0 Å². The quantitative estimate of drug-likeness (QED) is 0.922. The third-order valence-electron chi connectivity index (χ3n) is 4.09. The van der Waals surface area contributed by atoms with Gasteiger partial charge in [-0.25, -0.2) is 4.79 Å². The first-order valence-corrected chi connectivity index (χ1v) is 8.16. The first-order valence-electron chi connectivity index (χ1n) is 7.28. The van der Waals surface area contributed by atoms with Crippen molar-refractivity contribution in [1.29, 1.82) is 0 Å². The normalized spacial score (nSPS) is 19.5. The lowest BCUT2D eigenvalue weighted by Gasteiger charge is -2.17. The van der Waals surface area contributed by atoms with Gasteiger partial charge in [0.25, 0.3) is 0 Å². The summed E-state index contributed by atoms with van der Waals surface area (Å²) in [6.45, 7) is 1.80. The lowest BCUT2D eigenvalue weighted by molar-refractivity contribution is 0.174. The Kier molecular flexibility index (Phi) is 3.38. The summed E-state index contributed by atoms with van der Waals surface area (Å²) in [5.41, 5.74) is 1.20. The van der Waals surface area contributed by atoms with Crippen LogP contribution in [0.5, 0.6) is 11.5 Å². The monoisotopic (exact) mass is 316 g/mol. The van der Waals surface area contributed by atoms with Gasteiger partial charge in [0.1, 0.15) is 0 Å². The van der Waals surface area contributed by atoms with Crippen LogP contribution in [0.25, 0.3) is 0 Å². The fourth-order valence-corrected chi connectivity index (χ4v) is 3.53. The zero-order valence-electron chi connectivity index (χ0n) is 12.0. The number of nitrogens with one attached hydrogen (secondary N) is 1. The van der Waals surface area contributed by atoms with Gasteiger partial charge in [-0.2, -0.15) is 0 Å². The summed E-state index contributed by atoms with van der Waals surface area (Å²) in [7, 11) is 0. The lowest BCUT2D eigenvalue weighted by Crippen LogP contribution is -2.32. The van der Waals surface area contributed by atoms with E-state index in [-0.39, 0.29) is 6.03 Å². The second-order valence-electron chi connectivity index (χ2n) is 5.45. The van der Waals surface area contributed by atoms with Crippen LogP contribution in [0.3, 0.4) is 0 Å². The molecule has 0 bridgehead atoms. The molecule has 5 nitrogen and oxygen atoms in total. The highest BCUT2D eigenvalue weighted by Gasteiger charge is 2.28. The number of carbonyl (C=O) groups excluding carboxylic acids is 1. The largest absolute Gasteiger partial charge is 0.454 e. The van der Waals surface area contributed by atoms with Gasteiger partial charge in [-0.15, -0.1) is 11.3 Å². The maximum atomic E-state index is 12.3. The van der Waals surface area contributed by atoms with Gasteiger partial charge in [-0.3, -0.25) is 5.32 Å². The Labute approximate surface area is 132 Å². The van der Waals surface area contributed by atoms with Crippen molar-refractivity contribution in [3.05, 3.63) is 41.3 Å². The predicted molar refractivity (Wildman–Crippen MR) is 84.8 cm³/mol. The minimum atomic E-state index is -0.0225. The van der Waals surface area contributed by atoms with Gasteiger partial charge in [0.2, 0.25) is 6.79 Å². The number of thiophene rings is 1. The highest BCUT2D eigenvalue weighted by molar-refractivity contribution is 7.14. The molecule has 2 aliphatic heterocycles. The molecule has 114 valence electrons. The average molecular weight is 316 g/mol. The topological polar surface area (TPSA) is 50.8 Å². The first-order chi connectivity index (χ1) is 10.8. The first kappa shape index (κ1) is 13.5. The van der Waals surface area contributed by atoms with Crippen molar-refractivity contribution in [2.45, 2.75) is 12.3 Å². The molecule has 2 amide bonds. The molecule has 2 aliphatic rings. The van der Waals surface area contributed by atoms with Gasteiger partial charge in [0.05, 0.1) is 5.00 Å². The molecule has 2 aromatic rings. The maximum absolute atomic E-state index is 12.3. The molecule has 1 atom stereocenters. The number of nitrogens with zero attached hydrogens (tertiary/aromatic N) is 1. The van der Waals surface area contributed by atoms with Crippen molar-refractivity contribution in [3.63, 3.8) is 0 Å². The zero-order valence-corrected chi connectivity index (χ0v) is 12.8. The van der Waals surface area contributed by atoms with Crippen LogP contribution in [0, 0.1) is 0 Å². The van der Waals surface area contributed by atoms with Crippen molar-refractivity contribution in [2.24, 2.45) is 0 Å². The van der Waals surface area contributed by atoms with Crippen molar-refractivity contribution < 1.29 is 14.3 Å². The van der Waals surface area contributed by atoms with Crippen LogP contribution in [0.2, 0.25) is 0 Å². The van der Waals surface area contributed by atoms with Gasteiger partial charge in [0, 0.05) is 19.0 Å². The van der Waals surface area contributed by atoms with Gasteiger partial charge >= 0.3 is 6.03 Å². The molecular formula is C16H16N2O3S. The molecule has 22 heavy (non-hydrogen) atoms. The summed E-state index contributed by atoms with van der Waals surface area (Å²) in [5.74, 6) is 1.96. The maximum Gasteiger partial charge on any atom is 0.322 e. The molecule has 3 heterocycles. The van der Waals surface area contributed by atoms with Crippen LogP contribution in [0.4, 0.5) is 9.80 Å². The second-order valence-corrected chi connectivity index (χ2v) is 6.40. The fraction of sp³-hybridized carbons (Fsp3) is 0.312. The van der Waals surface area contributed by atoms with Crippen molar-refractivity contribution in [1.82, 2.24) is 4.90 Å². The highest BCUT2D eigenvalue weighted by atomic mass is 32.1. The number of rotatable bonds is 2. The molecule has 0 unspecified atom stereocenters. The Morgan fingerprint density at radius 2 is 2.18 bits per heavy atom. The van der Waals surface area contributed by atoms with Crippen molar-refractivity contribution in [2.75, 3.05) is 25.2 Å². The SMILES string of the molecule is O=C(Nc1cccs1)N1CC[C@@H](c2ccc3c(c2)OCO3)C1. The Balaban J connectivity index is 1.42. The molecule has 0 radical (unpaired) electrons.